The number of carbonyl (C=O) groups is 1. The average Bonchev–Trinajstić information content (AvgIpc) is 2.16. The molecule has 4 heteroatoms. The molecule has 0 aromatic carbocycles. The van der Waals surface area contributed by atoms with Gasteiger partial charge in [0.05, 0.1) is 12.2 Å². The van der Waals surface area contributed by atoms with Crippen LogP contribution >= 0.6 is 0 Å². The minimum absolute atomic E-state index is 0.602. The third-order valence-electron chi connectivity index (χ3n) is 1.61. The van der Waals surface area contributed by atoms with Gasteiger partial charge < -0.3 is 10.0 Å². The Morgan fingerprint density at radius 2 is 2.43 bits per heavy atom. The highest BCUT2D eigenvalue weighted by Gasteiger charge is 1.96. The molecule has 1 rings (SSSR count). The van der Waals surface area contributed by atoms with Crippen LogP contribution < -0.4 is 0 Å². The summed E-state index contributed by atoms with van der Waals surface area (Å²) in [5.74, 6) is -0.946. The van der Waals surface area contributed by atoms with Crippen LogP contribution in [-0.4, -0.2) is 28.0 Å². The molecule has 0 radical (unpaired) electrons. The van der Waals surface area contributed by atoms with Gasteiger partial charge in [-0.15, -0.1) is 0 Å². The van der Waals surface area contributed by atoms with Crippen molar-refractivity contribution in [3.63, 3.8) is 0 Å². The molecule has 0 spiro atoms. The molecule has 74 valence electrons. The summed E-state index contributed by atoms with van der Waals surface area (Å²) in [6, 6.07) is 5.64. The van der Waals surface area contributed by atoms with Crippen LogP contribution in [0.1, 0.15) is 5.69 Å². The van der Waals surface area contributed by atoms with Crippen molar-refractivity contribution >= 4 is 5.97 Å². The summed E-state index contributed by atoms with van der Waals surface area (Å²) in [5.41, 5.74) is 0.907. The van der Waals surface area contributed by atoms with Gasteiger partial charge in [0.25, 0.3) is 0 Å². The molecule has 1 aromatic rings. The molecule has 1 heterocycles. The van der Waals surface area contributed by atoms with Crippen LogP contribution in [0.2, 0.25) is 0 Å². The second-order valence-electron chi connectivity index (χ2n) is 2.89. The van der Waals surface area contributed by atoms with E-state index in [1.165, 1.54) is 6.20 Å². The lowest BCUT2D eigenvalue weighted by Gasteiger charge is -2.12. The van der Waals surface area contributed by atoms with E-state index < -0.39 is 5.97 Å². The first-order valence-corrected chi connectivity index (χ1v) is 4.20. The van der Waals surface area contributed by atoms with Gasteiger partial charge in [-0.25, -0.2) is 4.79 Å². The topological polar surface area (TPSA) is 53.4 Å². The molecule has 0 aliphatic heterocycles. The maximum absolute atomic E-state index is 10.2. The van der Waals surface area contributed by atoms with Crippen LogP contribution in [-0.2, 0) is 11.3 Å². The minimum atomic E-state index is -0.946. The zero-order valence-corrected chi connectivity index (χ0v) is 7.92. The third-order valence-corrected chi connectivity index (χ3v) is 1.61. The molecule has 1 N–H and O–H groups in total. The lowest BCUT2D eigenvalue weighted by Crippen LogP contribution is -2.11. The first-order valence-electron chi connectivity index (χ1n) is 4.20. The van der Waals surface area contributed by atoms with Crippen LogP contribution in [0.5, 0.6) is 0 Å². The SMILES string of the molecule is CN(C=CC(=O)O)Cc1ccccn1. The van der Waals surface area contributed by atoms with E-state index in [-0.39, 0.29) is 0 Å². The van der Waals surface area contributed by atoms with E-state index in [4.69, 9.17) is 5.11 Å². The Bertz CT molecular complexity index is 322. The summed E-state index contributed by atoms with van der Waals surface area (Å²) < 4.78 is 0. The van der Waals surface area contributed by atoms with Gasteiger partial charge in [0.2, 0.25) is 0 Å². The van der Waals surface area contributed by atoms with Crippen molar-refractivity contribution in [3.8, 4) is 0 Å². The molecule has 14 heavy (non-hydrogen) atoms. The lowest BCUT2D eigenvalue weighted by atomic mass is 10.3. The van der Waals surface area contributed by atoms with Crippen molar-refractivity contribution in [1.29, 1.82) is 0 Å². The molecular weight excluding hydrogens is 180 g/mol. The molecule has 0 aliphatic carbocycles. The van der Waals surface area contributed by atoms with Crippen LogP contribution in [0.3, 0.4) is 0 Å². The first kappa shape index (κ1) is 10.2. The quantitative estimate of drug-likeness (QED) is 0.726. The average molecular weight is 192 g/mol. The summed E-state index contributed by atoms with van der Waals surface area (Å²) in [6.07, 6.45) is 4.32. The fourth-order valence-corrected chi connectivity index (χ4v) is 0.991. The van der Waals surface area contributed by atoms with E-state index in [2.05, 4.69) is 4.98 Å². The Labute approximate surface area is 82.5 Å². The predicted molar refractivity (Wildman–Crippen MR) is 52.5 cm³/mol. The number of carboxylic acid groups (broad SMARTS) is 1. The van der Waals surface area contributed by atoms with Gasteiger partial charge in [0, 0.05) is 25.5 Å². The lowest BCUT2D eigenvalue weighted by molar-refractivity contribution is -0.131. The van der Waals surface area contributed by atoms with E-state index in [1.54, 1.807) is 18.1 Å². The number of nitrogens with zero attached hydrogens (tertiary/aromatic N) is 2. The van der Waals surface area contributed by atoms with E-state index in [9.17, 15) is 4.79 Å². The summed E-state index contributed by atoms with van der Waals surface area (Å²) in [5, 5.41) is 8.40. The highest BCUT2D eigenvalue weighted by atomic mass is 16.4. The van der Waals surface area contributed by atoms with Gasteiger partial charge in [-0.2, -0.15) is 0 Å². The van der Waals surface area contributed by atoms with Gasteiger partial charge in [-0.3, -0.25) is 4.98 Å². The fraction of sp³-hybridized carbons (Fsp3) is 0.200. The number of pyridine rings is 1. The predicted octanol–water partition coefficient (Wildman–Crippen LogP) is 1.11. The van der Waals surface area contributed by atoms with Crippen molar-refractivity contribution in [1.82, 2.24) is 9.88 Å². The van der Waals surface area contributed by atoms with Crippen molar-refractivity contribution in [2.24, 2.45) is 0 Å². The van der Waals surface area contributed by atoms with Crippen molar-refractivity contribution in [3.05, 3.63) is 42.4 Å². The third kappa shape index (κ3) is 3.71. The molecule has 0 amide bonds. The number of hydrogen-bond donors (Lipinski definition) is 1. The van der Waals surface area contributed by atoms with Crippen molar-refractivity contribution in [2.75, 3.05) is 7.05 Å². The zero-order valence-electron chi connectivity index (χ0n) is 7.92. The second kappa shape index (κ2) is 5.01. The van der Waals surface area contributed by atoms with Gasteiger partial charge in [-0.05, 0) is 12.1 Å². The first-order chi connectivity index (χ1) is 6.68. The molecule has 0 aliphatic rings. The Morgan fingerprint density at radius 3 is 3.00 bits per heavy atom. The van der Waals surface area contributed by atoms with Crippen LogP contribution in [0.15, 0.2) is 36.7 Å². The molecule has 0 atom stereocenters. The Kier molecular flexibility index (Phi) is 3.67. The van der Waals surface area contributed by atoms with E-state index in [1.807, 2.05) is 18.2 Å². The van der Waals surface area contributed by atoms with Crippen LogP contribution in [0.25, 0.3) is 0 Å². The maximum Gasteiger partial charge on any atom is 0.329 e. The van der Waals surface area contributed by atoms with E-state index in [0.717, 1.165) is 11.8 Å². The number of aliphatic carboxylic acids is 1. The standard InChI is InChI=1S/C10H12N2O2/c1-12(7-5-10(13)14)8-9-4-2-3-6-11-9/h2-7H,8H2,1H3,(H,13,14). The van der Waals surface area contributed by atoms with Gasteiger partial charge in [0.15, 0.2) is 0 Å². The molecule has 0 unspecified atom stereocenters. The van der Waals surface area contributed by atoms with Gasteiger partial charge in [0.1, 0.15) is 0 Å². The molecule has 0 bridgehead atoms. The Hall–Kier alpha value is -1.84. The number of rotatable bonds is 4. The van der Waals surface area contributed by atoms with Crippen LogP contribution in [0.4, 0.5) is 0 Å². The van der Waals surface area contributed by atoms with Crippen LogP contribution in [0, 0.1) is 0 Å². The van der Waals surface area contributed by atoms with Gasteiger partial charge >= 0.3 is 5.97 Å². The smallest absolute Gasteiger partial charge is 0.329 e. The summed E-state index contributed by atoms with van der Waals surface area (Å²) in [7, 11) is 1.80. The van der Waals surface area contributed by atoms with Crippen molar-refractivity contribution in [2.45, 2.75) is 6.54 Å². The molecular formula is C10H12N2O2. The number of carboxylic acids is 1. The minimum Gasteiger partial charge on any atom is -0.478 e. The van der Waals surface area contributed by atoms with Gasteiger partial charge in [-0.1, -0.05) is 6.07 Å². The number of aromatic nitrogens is 1. The van der Waals surface area contributed by atoms with Crippen molar-refractivity contribution < 1.29 is 9.90 Å². The summed E-state index contributed by atoms with van der Waals surface area (Å²) in [6.45, 7) is 0.602. The highest BCUT2D eigenvalue weighted by molar-refractivity contribution is 5.79. The largest absolute Gasteiger partial charge is 0.478 e. The van der Waals surface area contributed by atoms with E-state index in [0.29, 0.717) is 6.54 Å². The fourth-order valence-electron chi connectivity index (χ4n) is 0.991. The second-order valence-corrected chi connectivity index (χ2v) is 2.89. The summed E-state index contributed by atoms with van der Waals surface area (Å²) >= 11 is 0. The monoisotopic (exact) mass is 192 g/mol. The molecule has 0 saturated heterocycles. The molecule has 1 aromatic heterocycles. The highest BCUT2D eigenvalue weighted by Crippen LogP contribution is 1.98. The Balaban J connectivity index is 2.49. The Morgan fingerprint density at radius 1 is 1.64 bits per heavy atom. The van der Waals surface area contributed by atoms with E-state index >= 15 is 0 Å². The summed E-state index contributed by atoms with van der Waals surface area (Å²) in [4.78, 5) is 16.1. The molecule has 0 saturated carbocycles. The maximum atomic E-state index is 10.2. The normalized spacial score (nSPS) is 10.4. The molecule has 0 fully saturated rings. The molecule has 4 nitrogen and oxygen atoms in total. The zero-order chi connectivity index (χ0) is 10.4. The number of hydrogen-bond acceptors (Lipinski definition) is 3.